The van der Waals surface area contributed by atoms with Crippen molar-refractivity contribution in [1.29, 1.82) is 0 Å². The predicted octanol–water partition coefficient (Wildman–Crippen LogP) is 2.66. The normalized spacial score (nSPS) is 10.9. The van der Waals surface area contributed by atoms with Crippen molar-refractivity contribution in [2.24, 2.45) is 0 Å². The number of anilines is 1. The Labute approximate surface area is 113 Å². The van der Waals surface area contributed by atoms with Gasteiger partial charge in [0.2, 0.25) is 0 Å². The van der Waals surface area contributed by atoms with Gasteiger partial charge in [0, 0.05) is 17.1 Å². The highest BCUT2D eigenvalue weighted by atomic mass is 79.9. The monoisotopic (exact) mass is 302 g/mol. The molecule has 0 saturated carbocycles. The van der Waals surface area contributed by atoms with Gasteiger partial charge in [-0.15, -0.1) is 0 Å². The minimum absolute atomic E-state index is 0.644. The van der Waals surface area contributed by atoms with Crippen molar-refractivity contribution in [3.63, 3.8) is 0 Å². The predicted molar refractivity (Wildman–Crippen MR) is 74.3 cm³/mol. The largest absolute Gasteiger partial charge is 0.396 e. The number of benzene rings is 1. The van der Waals surface area contributed by atoms with E-state index < -0.39 is 0 Å². The molecule has 18 heavy (non-hydrogen) atoms. The van der Waals surface area contributed by atoms with Crippen LogP contribution >= 0.6 is 15.9 Å². The van der Waals surface area contributed by atoms with Crippen LogP contribution in [0.5, 0.6) is 0 Å². The molecule has 90 valence electrons. The maximum absolute atomic E-state index is 5.86. The zero-order valence-electron chi connectivity index (χ0n) is 9.55. The van der Waals surface area contributed by atoms with Crippen LogP contribution in [0.25, 0.3) is 5.65 Å². The van der Waals surface area contributed by atoms with Crippen molar-refractivity contribution in [2.45, 2.75) is 6.42 Å². The van der Waals surface area contributed by atoms with Gasteiger partial charge >= 0.3 is 0 Å². The third kappa shape index (κ3) is 2.09. The van der Waals surface area contributed by atoms with Gasteiger partial charge in [-0.1, -0.05) is 28.1 Å². The quantitative estimate of drug-likeness (QED) is 0.792. The van der Waals surface area contributed by atoms with Crippen LogP contribution in [-0.4, -0.2) is 14.6 Å². The number of halogens is 1. The summed E-state index contributed by atoms with van der Waals surface area (Å²) in [5, 5.41) is 4.41. The van der Waals surface area contributed by atoms with Crippen LogP contribution in [-0.2, 0) is 6.42 Å². The number of nitrogens with two attached hydrogens (primary N) is 1. The lowest BCUT2D eigenvalue weighted by Crippen LogP contribution is -1.92. The van der Waals surface area contributed by atoms with E-state index in [0.717, 1.165) is 10.3 Å². The molecule has 0 unspecified atom stereocenters. The summed E-state index contributed by atoms with van der Waals surface area (Å²) in [6.45, 7) is 0. The molecule has 1 aromatic carbocycles. The molecule has 0 atom stereocenters. The summed E-state index contributed by atoms with van der Waals surface area (Å²) in [5.74, 6) is 0.769. The highest BCUT2D eigenvalue weighted by Crippen LogP contribution is 2.15. The molecule has 2 heterocycles. The zero-order chi connectivity index (χ0) is 12.5. The van der Waals surface area contributed by atoms with Gasteiger partial charge in [0.1, 0.15) is 0 Å². The van der Waals surface area contributed by atoms with Crippen LogP contribution in [0.2, 0.25) is 0 Å². The van der Waals surface area contributed by atoms with E-state index in [0.29, 0.717) is 17.8 Å². The van der Waals surface area contributed by atoms with Crippen molar-refractivity contribution in [2.75, 3.05) is 5.73 Å². The molecule has 0 amide bonds. The summed E-state index contributed by atoms with van der Waals surface area (Å²) in [7, 11) is 0. The number of hydrogen-bond donors (Lipinski definition) is 1. The number of rotatable bonds is 2. The molecule has 5 heteroatoms. The molecule has 0 radical (unpaired) electrons. The third-order valence-electron chi connectivity index (χ3n) is 2.69. The third-order valence-corrected chi connectivity index (χ3v) is 3.18. The van der Waals surface area contributed by atoms with Crippen molar-refractivity contribution < 1.29 is 0 Å². The highest BCUT2D eigenvalue weighted by Gasteiger charge is 2.06. The van der Waals surface area contributed by atoms with Crippen molar-refractivity contribution in [3.05, 3.63) is 58.5 Å². The molecule has 3 aromatic rings. The summed E-state index contributed by atoms with van der Waals surface area (Å²) >= 11 is 3.46. The Hall–Kier alpha value is -1.88. The smallest absolute Gasteiger partial charge is 0.178 e. The fourth-order valence-electron chi connectivity index (χ4n) is 1.88. The molecule has 0 aliphatic heterocycles. The van der Waals surface area contributed by atoms with Crippen molar-refractivity contribution >= 4 is 27.3 Å². The van der Waals surface area contributed by atoms with Crippen molar-refractivity contribution in [1.82, 2.24) is 14.6 Å². The summed E-state index contributed by atoms with van der Waals surface area (Å²) in [5.41, 5.74) is 8.38. The van der Waals surface area contributed by atoms with E-state index in [1.807, 2.05) is 30.5 Å². The Bertz CT molecular complexity index is 705. The van der Waals surface area contributed by atoms with Crippen LogP contribution in [0.15, 0.2) is 47.1 Å². The Morgan fingerprint density at radius 3 is 2.89 bits per heavy atom. The minimum atomic E-state index is 0.644. The fraction of sp³-hybridized carbons (Fsp3) is 0.0769. The number of nitrogen functional groups attached to an aromatic ring is 1. The molecule has 0 fully saturated rings. The molecule has 2 N–H and O–H groups in total. The van der Waals surface area contributed by atoms with Crippen LogP contribution < -0.4 is 5.73 Å². The van der Waals surface area contributed by atoms with Crippen LogP contribution in [0.1, 0.15) is 11.4 Å². The highest BCUT2D eigenvalue weighted by molar-refractivity contribution is 9.10. The molecule has 0 saturated heterocycles. The van der Waals surface area contributed by atoms with E-state index >= 15 is 0 Å². The number of pyridine rings is 1. The molecule has 0 bridgehead atoms. The van der Waals surface area contributed by atoms with Crippen molar-refractivity contribution in [3.8, 4) is 0 Å². The summed E-state index contributed by atoms with van der Waals surface area (Å²) in [6.07, 6.45) is 2.55. The zero-order valence-corrected chi connectivity index (χ0v) is 11.1. The average Bonchev–Trinajstić information content (AvgIpc) is 2.73. The summed E-state index contributed by atoms with van der Waals surface area (Å²) in [4.78, 5) is 4.45. The van der Waals surface area contributed by atoms with Gasteiger partial charge in [-0.3, -0.25) is 0 Å². The first-order chi connectivity index (χ1) is 8.72. The summed E-state index contributed by atoms with van der Waals surface area (Å²) < 4.78 is 2.77. The average molecular weight is 303 g/mol. The van der Waals surface area contributed by atoms with Gasteiger partial charge in [0.15, 0.2) is 11.5 Å². The number of aromatic nitrogens is 3. The molecular formula is C13H11BrN4. The van der Waals surface area contributed by atoms with Gasteiger partial charge in [-0.2, -0.15) is 5.10 Å². The topological polar surface area (TPSA) is 56.2 Å². The minimum Gasteiger partial charge on any atom is -0.396 e. The molecule has 0 aliphatic carbocycles. The second kappa shape index (κ2) is 4.42. The Morgan fingerprint density at radius 2 is 2.11 bits per heavy atom. The van der Waals surface area contributed by atoms with E-state index in [9.17, 15) is 0 Å². The van der Waals surface area contributed by atoms with Gasteiger partial charge in [-0.05, 0) is 29.8 Å². The Morgan fingerprint density at radius 1 is 1.22 bits per heavy atom. The first kappa shape index (κ1) is 11.2. The van der Waals surface area contributed by atoms with Gasteiger partial charge in [-0.25, -0.2) is 9.50 Å². The Balaban J connectivity index is 1.98. The van der Waals surface area contributed by atoms with Gasteiger partial charge < -0.3 is 5.73 Å². The molecule has 2 aromatic heterocycles. The summed E-state index contributed by atoms with van der Waals surface area (Å²) in [6, 6.07) is 11.8. The lowest BCUT2D eigenvalue weighted by atomic mass is 10.1. The number of nitrogens with zero attached hydrogens (tertiary/aromatic N) is 3. The maximum atomic E-state index is 5.86. The van der Waals surface area contributed by atoms with Gasteiger partial charge in [0.25, 0.3) is 0 Å². The second-order valence-electron chi connectivity index (χ2n) is 4.07. The standard InChI is InChI=1S/C13H11BrN4/c14-10-4-1-3-9(7-10)8-12-16-13-11(15)5-2-6-18(13)17-12/h1-7H,8,15H2. The molecule has 0 spiro atoms. The first-order valence-electron chi connectivity index (χ1n) is 5.56. The molecule has 4 nitrogen and oxygen atoms in total. The van der Waals surface area contributed by atoms with E-state index in [2.05, 4.69) is 38.1 Å². The first-order valence-corrected chi connectivity index (χ1v) is 6.36. The van der Waals surface area contributed by atoms with E-state index in [1.165, 1.54) is 5.56 Å². The molecule has 0 aliphatic rings. The van der Waals surface area contributed by atoms with Crippen LogP contribution in [0.3, 0.4) is 0 Å². The van der Waals surface area contributed by atoms with E-state index in [-0.39, 0.29) is 0 Å². The Kier molecular flexibility index (Phi) is 2.76. The number of fused-ring (bicyclic) bond motifs is 1. The molecule has 3 rings (SSSR count). The maximum Gasteiger partial charge on any atom is 0.178 e. The van der Waals surface area contributed by atoms with E-state index in [4.69, 9.17) is 5.73 Å². The van der Waals surface area contributed by atoms with Crippen LogP contribution in [0.4, 0.5) is 5.69 Å². The van der Waals surface area contributed by atoms with Crippen LogP contribution in [0, 0.1) is 0 Å². The SMILES string of the molecule is Nc1cccn2nc(Cc3cccc(Br)c3)nc12. The number of hydrogen-bond acceptors (Lipinski definition) is 3. The lowest BCUT2D eigenvalue weighted by molar-refractivity contribution is 0.900. The molecular weight excluding hydrogens is 292 g/mol. The van der Waals surface area contributed by atoms with E-state index in [1.54, 1.807) is 4.52 Å². The second-order valence-corrected chi connectivity index (χ2v) is 4.98. The lowest BCUT2D eigenvalue weighted by Gasteiger charge is -1.97. The fourth-order valence-corrected chi connectivity index (χ4v) is 2.32. The van der Waals surface area contributed by atoms with Gasteiger partial charge in [0.05, 0.1) is 5.69 Å².